The fourth-order valence-electron chi connectivity index (χ4n) is 3.42. The highest BCUT2D eigenvalue weighted by Crippen LogP contribution is 2.24. The Bertz CT molecular complexity index is 1070. The first-order chi connectivity index (χ1) is 15.4. The Morgan fingerprint density at radius 3 is 2.18 bits per heavy atom. The molecule has 2 aromatic carbocycles. The van der Waals surface area contributed by atoms with E-state index in [1.165, 1.54) is 4.90 Å². The number of hydrogen-bond acceptors (Lipinski definition) is 4. The van der Waals surface area contributed by atoms with Crippen LogP contribution in [0.4, 0.5) is 5.69 Å². The summed E-state index contributed by atoms with van der Waals surface area (Å²) in [5, 5.41) is 3.38. The maximum Gasteiger partial charge on any atom is 0.244 e. The number of benzene rings is 2. The molecule has 33 heavy (non-hydrogen) atoms. The van der Waals surface area contributed by atoms with E-state index < -0.39 is 28.5 Å². The Hall–Kier alpha value is -2.58. The number of sulfonamides is 1. The van der Waals surface area contributed by atoms with Gasteiger partial charge in [0.1, 0.15) is 12.6 Å². The maximum absolute atomic E-state index is 13.5. The van der Waals surface area contributed by atoms with E-state index in [1.807, 2.05) is 32.9 Å². The van der Waals surface area contributed by atoms with Crippen LogP contribution in [0.15, 0.2) is 48.5 Å². The molecule has 180 valence electrons. The number of nitrogens with one attached hydrogen (secondary N) is 1. The fourth-order valence-corrected chi connectivity index (χ4v) is 4.43. The number of aryl methyl sites for hydroxylation is 1. The molecular weight excluding hydrogens is 462 g/mol. The molecule has 0 unspecified atom stereocenters. The van der Waals surface area contributed by atoms with Gasteiger partial charge in [-0.05, 0) is 56.5 Å². The Morgan fingerprint density at radius 1 is 1.03 bits per heavy atom. The maximum atomic E-state index is 13.5. The predicted octanol–water partition coefficient (Wildman–Crippen LogP) is 3.61. The van der Waals surface area contributed by atoms with Crippen LogP contribution in [0.3, 0.4) is 0 Å². The first kappa shape index (κ1) is 26.7. The van der Waals surface area contributed by atoms with Crippen LogP contribution in [-0.4, -0.2) is 50.0 Å². The highest BCUT2D eigenvalue weighted by Gasteiger charge is 2.30. The Balaban J connectivity index is 2.42. The first-order valence-electron chi connectivity index (χ1n) is 10.8. The smallest absolute Gasteiger partial charge is 0.244 e. The minimum Gasteiger partial charge on any atom is -0.352 e. The topological polar surface area (TPSA) is 86.8 Å². The Kier molecular flexibility index (Phi) is 9.31. The number of para-hydroxylation sites is 1. The molecule has 1 atom stereocenters. The molecule has 0 heterocycles. The number of carbonyl (C=O) groups excluding carboxylic acids is 2. The molecule has 0 aliphatic carbocycles. The SMILES string of the molecule is CCc1ccccc1N(CC(=O)N(Cc1ccc(Cl)cc1)[C@@H](C)C(=O)NC(C)C)S(C)(=O)=O. The fraction of sp³-hybridized carbons (Fsp3) is 0.417. The van der Waals surface area contributed by atoms with Gasteiger partial charge in [0.25, 0.3) is 0 Å². The lowest BCUT2D eigenvalue weighted by atomic mass is 10.1. The van der Waals surface area contributed by atoms with Crippen LogP contribution in [-0.2, 0) is 32.6 Å². The van der Waals surface area contributed by atoms with Gasteiger partial charge in [-0.25, -0.2) is 8.42 Å². The summed E-state index contributed by atoms with van der Waals surface area (Å²) in [4.78, 5) is 27.6. The normalized spacial score (nSPS) is 12.3. The number of nitrogens with zero attached hydrogens (tertiary/aromatic N) is 2. The lowest BCUT2D eigenvalue weighted by Gasteiger charge is -2.32. The van der Waals surface area contributed by atoms with Gasteiger partial charge in [0.05, 0.1) is 11.9 Å². The van der Waals surface area contributed by atoms with Crippen molar-refractivity contribution in [3.8, 4) is 0 Å². The van der Waals surface area contributed by atoms with E-state index >= 15 is 0 Å². The van der Waals surface area contributed by atoms with E-state index in [4.69, 9.17) is 11.6 Å². The largest absolute Gasteiger partial charge is 0.352 e. The highest BCUT2D eigenvalue weighted by atomic mass is 35.5. The van der Waals surface area contributed by atoms with Crippen LogP contribution in [0.1, 0.15) is 38.8 Å². The molecule has 0 spiro atoms. The summed E-state index contributed by atoms with van der Waals surface area (Å²) in [6.45, 7) is 6.95. The number of halogens is 1. The molecule has 0 aliphatic heterocycles. The molecule has 0 aromatic heterocycles. The number of hydrogen-bond donors (Lipinski definition) is 1. The third-order valence-corrected chi connectivity index (χ3v) is 6.56. The number of amides is 2. The van der Waals surface area contributed by atoms with Gasteiger partial charge in [-0.15, -0.1) is 0 Å². The predicted molar refractivity (Wildman–Crippen MR) is 133 cm³/mol. The summed E-state index contributed by atoms with van der Waals surface area (Å²) in [6, 6.07) is 13.1. The van der Waals surface area contributed by atoms with Gasteiger partial charge in [0.15, 0.2) is 0 Å². The number of rotatable bonds is 10. The molecule has 0 bridgehead atoms. The summed E-state index contributed by atoms with van der Waals surface area (Å²) in [5.41, 5.74) is 2.05. The molecule has 1 N–H and O–H groups in total. The van der Waals surface area contributed by atoms with E-state index in [1.54, 1.807) is 43.3 Å². The molecule has 2 rings (SSSR count). The molecule has 7 nitrogen and oxygen atoms in total. The third kappa shape index (κ3) is 7.47. The van der Waals surface area contributed by atoms with Crippen molar-refractivity contribution in [1.82, 2.24) is 10.2 Å². The minimum atomic E-state index is -3.75. The summed E-state index contributed by atoms with van der Waals surface area (Å²) in [6.07, 6.45) is 1.68. The lowest BCUT2D eigenvalue weighted by molar-refractivity contribution is -0.139. The van der Waals surface area contributed by atoms with Crippen molar-refractivity contribution in [3.05, 3.63) is 64.7 Å². The zero-order chi connectivity index (χ0) is 24.8. The Morgan fingerprint density at radius 2 is 1.64 bits per heavy atom. The molecule has 0 aliphatic rings. The number of anilines is 1. The van der Waals surface area contributed by atoms with Gasteiger partial charge in [-0.3, -0.25) is 13.9 Å². The van der Waals surface area contributed by atoms with Gasteiger partial charge >= 0.3 is 0 Å². The summed E-state index contributed by atoms with van der Waals surface area (Å²) >= 11 is 5.98. The van der Waals surface area contributed by atoms with Crippen molar-refractivity contribution in [1.29, 1.82) is 0 Å². The van der Waals surface area contributed by atoms with Crippen LogP contribution >= 0.6 is 11.6 Å². The van der Waals surface area contributed by atoms with E-state index in [0.717, 1.165) is 21.7 Å². The molecule has 2 aromatic rings. The molecule has 2 amide bonds. The zero-order valence-electron chi connectivity index (χ0n) is 19.7. The molecular formula is C24H32ClN3O4S. The zero-order valence-corrected chi connectivity index (χ0v) is 21.3. The average Bonchev–Trinajstić information content (AvgIpc) is 2.75. The van der Waals surface area contributed by atoms with E-state index in [9.17, 15) is 18.0 Å². The van der Waals surface area contributed by atoms with Crippen molar-refractivity contribution in [2.45, 2.75) is 52.7 Å². The van der Waals surface area contributed by atoms with Gasteiger partial charge in [0, 0.05) is 17.6 Å². The quantitative estimate of drug-likeness (QED) is 0.547. The second-order valence-electron chi connectivity index (χ2n) is 8.24. The summed E-state index contributed by atoms with van der Waals surface area (Å²) < 4.78 is 26.4. The van der Waals surface area contributed by atoms with Gasteiger partial charge in [0.2, 0.25) is 21.8 Å². The molecule has 0 radical (unpaired) electrons. The van der Waals surface area contributed by atoms with Crippen molar-refractivity contribution in [3.63, 3.8) is 0 Å². The van der Waals surface area contributed by atoms with Crippen LogP contribution in [0, 0.1) is 0 Å². The standard InChI is InChI=1S/C24H32ClN3O4S/c1-6-20-9-7-8-10-22(20)28(33(5,31)32)16-23(29)27(18(4)24(30)26-17(2)3)15-19-11-13-21(25)14-12-19/h7-14,17-18H,6,15-16H2,1-5H3,(H,26,30)/t18-/m0/s1. The van der Waals surface area contributed by atoms with Crippen molar-refractivity contribution < 1.29 is 18.0 Å². The van der Waals surface area contributed by atoms with Crippen molar-refractivity contribution in [2.24, 2.45) is 0 Å². The van der Waals surface area contributed by atoms with Crippen molar-refractivity contribution >= 4 is 39.1 Å². The third-order valence-electron chi connectivity index (χ3n) is 5.18. The van der Waals surface area contributed by atoms with Crippen LogP contribution in [0.5, 0.6) is 0 Å². The van der Waals surface area contributed by atoms with E-state index in [2.05, 4.69) is 5.32 Å². The lowest BCUT2D eigenvalue weighted by Crippen LogP contribution is -2.52. The van der Waals surface area contributed by atoms with Crippen LogP contribution in [0.2, 0.25) is 5.02 Å². The summed E-state index contributed by atoms with van der Waals surface area (Å²) in [7, 11) is -3.75. The average molecular weight is 494 g/mol. The van der Waals surface area contributed by atoms with Gasteiger partial charge in [-0.1, -0.05) is 48.9 Å². The second-order valence-corrected chi connectivity index (χ2v) is 10.6. The highest BCUT2D eigenvalue weighted by molar-refractivity contribution is 7.92. The van der Waals surface area contributed by atoms with Crippen molar-refractivity contribution in [2.75, 3.05) is 17.1 Å². The van der Waals surface area contributed by atoms with Gasteiger partial charge < -0.3 is 10.2 Å². The second kappa shape index (κ2) is 11.5. The molecule has 9 heteroatoms. The van der Waals surface area contributed by atoms with E-state index in [0.29, 0.717) is 17.1 Å². The van der Waals surface area contributed by atoms with Crippen LogP contribution in [0.25, 0.3) is 0 Å². The molecule has 0 fully saturated rings. The Labute approximate surface area is 201 Å². The molecule has 0 saturated heterocycles. The monoisotopic (exact) mass is 493 g/mol. The summed E-state index contributed by atoms with van der Waals surface area (Å²) in [5.74, 6) is -0.792. The molecule has 0 saturated carbocycles. The minimum absolute atomic E-state index is 0.101. The van der Waals surface area contributed by atoms with Crippen LogP contribution < -0.4 is 9.62 Å². The number of carbonyl (C=O) groups is 2. The van der Waals surface area contributed by atoms with E-state index in [-0.39, 0.29) is 18.5 Å². The van der Waals surface area contributed by atoms with Gasteiger partial charge in [-0.2, -0.15) is 0 Å². The first-order valence-corrected chi connectivity index (χ1v) is 13.1.